The molecule has 0 fully saturated rings. The predicted octanol–water partition coefficient (Wildman–Crippen LogP) is 9.88. The van der Waals surface area contributed by atoms with E-state index in [1.165, 1.54) is 0 Å². The van der Waals surface area contributed by atoms with Gasteiger partial charge in [0.1, 0.15) is 0 Å². The average Bonchev–Trinajstić information content (AvgIpc) is 2.86. The van der Waals surface area contributed by atoms with E-state index in [-0.39, 0.29) is 6.92 Å². The number of halogens is 29. The van der Waals surface area contributed by atoms with Crippen molar-refractivity contribution in [3.8, 4) is 0 Å². The highest BCUT2D eigenvalue weighted by Crippen LogP contribution is 2.69. The van der Waals surface area contributed by atoms with Crippen LogP contribution in [0.2, 0.25) is 0 Å². The summed E-state index contributed by atoms with van der Waals surface area (Å²) in [4.78, 5) is 10.8. The van der Waals surface area contributed by atoms with Gasteiger partial charge in [0.15, 0.2) is 0 Å². The number of carbonyl (C=O) groups is 1. The van der Waals surface area contributed by atoms with E-state index in [4.69, 9.17) is 0 Å². The van der Waals surface area contributed by atoms with Gasteiger partial charge in [0.2, 0.25) is 0 Å². The molecule has 292 valence electrons. The lowest BCUT2D eigenvalue weighted by molar-refractivity contribution is -0.491. The Morgan fingerprint density at radius 2 is 0.510 bits per heavy atom. The van der Waals surface area contributed by atoms with Crippen LogP contribution in [0, 0.1) is 0 Å². The summed E-state index contributed by atoms with van der Waals surface area (Å²) in [5.41, 5.74) is -1.59. The summed E-state index contributed by atoms with van der Waals surface area (Å²) in [6, 6.07) is 0. The normalized spacial score (nSPS) is 16.5. The fourth-order valence-corrected chi connectivity index (χ4v) is 2.60. The highest BCUT2D eigenvalue weighted by Gasteiger charge is 3.01. The monoisotopic (exact) mass is 804 g/mol. The molecule has 49 heavy (non-hydrogen) atoms. The first-order valence-electron chi connectivity index (χ1n) is 10.4. The lowest BCUT2D eigenvalue weighted by Gasteiger charge is -2.46. The molecule has 31 heteroatoms. The predicted molar refractivity (Wildman–Crippen MR) is 91.3 cm³/mol. The van der Waals surface area contributed by atoms with E-state index in [9.17, 15) is 132 Å². The molecule has 0 saturated carbocycles. The van der Waals surface area contributed by atoms with Crippen LogP contribution in [0.4, 0.5) is 127 Å². The number of hydrogen-bond acceptors (Lipinski definition) is 2. The number of ether oxygens (including phenoxy) is 1. The Kier molecular flexibility index (Phi) is 10.7. The summed E-state index contributed by atoms with van der Waals surface area (Å²) in [5.74, 6) is -118. The first-order valence-corrected chi connectivity index (χ1v) is 10.4. The summed E-state index contributed by atoms with van der Waals surface area (Å²) in [7, 11) is 0. The van der Waals surface area contributed by atoms with Crippen LogP contribution < -0.4 is 0 Å². The lowest BCUT2D eigenvalue weighted by Crippen LogP contribution is -2.79. The molecule has 0 bridgehead atoms. The Morgan fingerprint density at radius 3 is 0.673 bits per heavy atom. The summed E-state index contributed by atoms with van der Waals surface area (Å²) >= 11 is 0. The minimum Gasteiger partial charge on any atom is -0.393 e. The Bertz CT molecular complexity index is 1270. The van der Waals surface area contributed by atoms with Crippen molar-refractivity contribution in [3.05, 3.63) is 12.2 Å². The van der Waals surface area contributed by atoms with Crippen molar-refractivity contribution in [2.24, 2.45) is 0 Å². The number of alkyl halides is 29. The van der Waals surface area contributed by atoms with Crippen molar-refractivity contribution in [2.75, 3.05) is 0 Å². The number of carbonyl (C=O) groups excluding carboxylic acids is 1. The Morgan fingerprint density at radius 1 is 0.347 bits per heavy atom. The zero-order valence-corrected chi connectivity index (χ0v) is 21.5. The highest BCUT2D eigenvalue weighted by atomic mass is 19.4. The van der Waals surface area contributed by atoms with Gasteiger partial charge in [-0.05, 0) is 6.92 Å². The van der Waals surface area contributed by atoms with Crippen LogP contribution in [-0.4, -0.2) is 89.3 Å². The van der Waals surface area contributed by atoms with Gasteiger partial charge in [-0.1, -0.05) is 6.58 Å². The van der Waals surface area contributed by atoms with Gasteiger partial charge in [-0.3, -0.25) is 0 Å². The summed E-state index contributed by atoms with van der Waals surface area (Å²) in [6.45, 7) is 2.44. The van der Waals surface area contributed by atoms with Crippen molar-refractivity contribution < 1.29 is 137 Å². The molecular formula is C18H5F29O2. The largest absolute Gasteiger partial charge is 0.473 e. The van der Waals surface area contributed by atoms with Crippen LogP contribution in [0.3, 0.4) is 0 Å². The maximum absolute atomic E-state index is 13.8. The zero-order valence-electron chi connectivity index (χ0n) is 21.5. The smallest absolute Gasteiger partial charge is 0.393 e. The van der Waals surface area contributed by atoms with Crippen molar-refractivity contribution >= 4 is 5.97 Å². The molecule has 0 aromatic heterocycles. The van der Waals surface area contributed by atoms with Gasteiger partial charge < -0.3 is 4.74 Å². The van der Waals surface area contributed by atoms with Gasteiger partial charge in [0, 0.05) is 5.57 Å². The molecule has 0 aromatic carbocycles. The summed E-state index contributed by atoms with van der Waals surface area (Å²) in [5, 5.41) is 0. The molecule has 0 radical (unpaired) electrons. The third kappa shape index (κ3) is 5.55. The lowest BCUT2D eigenvalue weighted by atomic mass is 9.84. The molecule has 0 saturated heterocycles. The summed E-state index contributed by atoms with van der Waals surface area (Å²) in [6.07, 6.45) is -16.0. The van der Waals surface area contributed by atoms with Crippen molar-refractivity contribution in [2.45, 2.75) is 90.3 Å². The average molecular weight is 804 g/mol. The quantitative estimate of drug-likeness (QED) is 0.0994. The first kappa shape index (κ1) is 46.2. The molecule has 0 unspecified atom stereocenters. The van der Waals surface area contributed by atoms with Crippen LogP contribution in [0.1, 0.15) is 6.92 Å². The van der Waals surface area contributed by atoms with Gasteiger partial charge >= 0.3 is 89.3 Å². The second kappa shape index (κ2) is 11.3. The topological polar surface area (TPSA) is 26.3 Å². The van der Waals surface area contributed by atoms with E-state index in [1.807, 2.05) is 0 Å². The molecule has 0 atom stereocenters. The minimum atomic E-state index is -9.99. The summed E-state index contributed by atoms with van der Waals surface area (Å²) < 4.78 is 390. The van der Waals surface area contributed by atoms with Crippen molar-refractivity contribution in [1.82, 2.24) is 0 Å². The van der Waals surface area contributed by atoms with Crippen molar-refractivity contribution in [3.63, 3.8) is 0 Å². The fraction of sp³-hybridized carbons (Fsp3) is 0.833. The van der Waals surface area contributed by atoms with E-state index in [0.717, 1.165) is 0 Å². The molecule has 2 nitrogen and oxygen atoms in total. The van der Waals surface area contributed by atoms with Gasteiger partial charge in [0.25, 0.3) is 0 Å². The Balaban J connectivity index is 7.55. The Labute approximate surface area is 246 Å². The second-order valence-electron chi connectivity index (χ2n) is 9.08. The zero-order chi connectivity index (χ0) is 40.9. The molecule has 0 aromatic rings. The molecular weight excluding hydrogens is 799 g/mol. The SMILES string of the molecule is C=C(C)C(=O)OC(F)(F)C(F)(F)C(F)(F)C(F)(F)C(F)(F)C(F)(F)C(F)(F)C(F)(F)C(F)(F)C(F)(F)C(F)(F)C(F)(F)C(F)(F)C(F)(F)F. The minimum absolute atomic E-state index is 0.151. The van der Waals surface area contributed by atoms with E-state index in [0.29, 0.717) is 0 Å². The van der Waals surface area contributed by atoms with Gasteiger partial charge in [0.05, 0.1) is 0 Å². The van der Waals surface area contributed by atoms with E-state index in [1.54, 1.807) is 0 Å². The standard InChI is InChI=1S/C18H5F29O2/c1-3(2)4(48)49-18(46,47)16(41,42)14(37,38)12(33,34)10(29,30)8(25,26)6(21,22)5(19,20)7(23,24)9(27,28)11(31,32)13(35,36)15(39,40)17(43,44)45/h1H2,2H3. The van der Waals surface area contributed by atoms with E-state index < -0.39 is 94.9 Å². The maximum Gasteiger partial charge on any atom is 0.473 e. The van der Waals surface area contributed by atoms with Crippen LogP contribution in [0.15, 0.2) is 12.2 Å². The Hall–Kier alpha value is -2.82. The van der Waals surface area contributed by atoms with Crippen LogP contribution in [-0.2, 0) is 9.53 Å². The maximum atomic E-state index is 13.8. The molecule has 0 aliphatic heterocycles. The fourth-order valence-electron chi connectivity index (χ4n) is 2.60. The van der Waals surface area contributed by atoms with E-state index in [2.05, 4.69) is 11.3 Å². The number of hydrogen-bond donors (Lipinski definition) is 0. The van der Waals surface area contributed by atoms with Gasteiger partial charge in [-0.15, -0.1) is 0 Å². The van der Waals surface area contributed by atoms with Crippen LogP contribution in [0.25, 0.3) is 0 Å². The second-order valence-corrected chi connectivity index (χ2v) is 9.08. The van der Waals surface area contributed by atoms with Crippen LogP contribution >= 0.6 is 0 Å². The molecule has 0 aliphatic carbocycles. The third-order valence-electron chi connectivity index (χ3n) is 5.63. The molecule has 0 amide bonds. The first-order chi connectivity index (χ1) is 20.6. The van der Waals surface area contributed by atoms with Gasteiger partial charge in [-0.2, -0.15) is 127 Å². The third-order valence-corrected chi connectivity index (χ3v) is 5.63. The van der Waals surface area contributed by atoms with Crippen LogP contribution in [0.5, 0.6) is 0 Å². The molecule has 0 aliphatic rings. The number of rotatable bonds is 14. The number of esters is 1. The van der Waals surface area contributed by atoms with Crippen molar-refractivity contribution in [1.29, 1.82) is 0 Å². The molecule has 0 spiro atoms. The van der Waals surface area contributed by atoms with Gasteiger partial charge in [-0.25, -0.2) is 4.79 Å². The van der Waals surface area contributed by atoms with E-state index >= 15 is 0 Å². The molecule has 0 rings (SSSR count). The molecule has 0 N–H and O–H groups in total. The highest BCUT2D eigenvalue weighted by molar-refractivity contribution is 5.87. The molecule has 0 heterocycles.